The van der Waals surface area contributed by atoms with Crippen molar-refractivity contribution in [1.29, 1.82) is 0 Å². The van der Waals surface area contributed by atoms with Gasteiger partial charge in [-0.05, 0) is 17.6 Å². The molecule has 2 aromatic heterocycles. The number of nitrogens with two attached hydrogens (primary N) is 2. The Hall–Kier alpha value is -2.19. The van der Waals surface area contributed by atoms with Crippen molar-refractivity contribution >= 4 is 28.3 Å². The number of pyridine rings is 1. The fraction of sp³-hybridized carbons (Fsp3) is 0.182. The number of aromatic nitrogens is 2. The first-order valence-corrected chi connectivity index (χ1v) is 6.23. The van der Waals surface area contributed by atoms with Crippen molar-refractivity contribution in [3.05, 3.63) is 24.5 Å². The van der Waals surface area contributed by atoms with Crippen LogP contribution in [-0.2, 0) is 4.79 Å². The van der Waals surface area contributed by atoms with Gasteiger partial charge in [0.15, 0.2) is 0 Å². The van der Waals surface area contributed by atoms with Crippen molar-refractivity contribution in [3.8, 4) is 11.1 Å². The molecule has 0 aromatic carbocycles. The van der Waals surface area contributed by atoms with E-state index in [1.807, 2.05) is 6.07 Å². The number of primary amides is 1. The van der Waals surface area contributed by atoms with Gasteiger partial charge in [0.05, 0.1) is 12.1 Å². The highest BCUT2D eigenvalue weighted by Gasteiger charge is 2.16. The van der Waals surface area contributed by atoms with Crippen LogP contribution >= 0.6 is 11.5 Å². The lowest BCUT2D eigenvalue weighted by Crippen LogP contribution is -2.34. The van der Waals surface area contributed by atoms with E-state index >= 15 is 0 Å². The number of amides is 1. The van der Waals surface area contributed by atoms with E-state index in [0.717, 1.165) is 17.1 Å². The smallest absolute Gasteiger partial charge is 0.248 e. The lowest BCUT2D eigenvalue weighted by molar-refractivity contribution is -0.125. The monoisotopic (exact) mass is 279 g/mol. The third-order valence-corrected chi connectivity index (χ3v) is 3.27. The van der Waals surface area contributed by atoms with Crippen LogP contribution in [0.4, 0.5) is 10.8 Å². The minimum Gasteiger partial charge on any atom is -0.382 e. The average molecular weight is 279 g/mol. The third-order valence-electron chi connectivity index (χ3n) is 2.45. The highest BCUT2D eigenvalue weighted by molar-refractivity contribution is 7.11. The van der Waals surface area contributed by atoms with Gasteiger partial charge >= 0.3 is 0 Å². The second-order valence-electron chi connectivity index (χ2n) is 3.81. The molecule has 6 N–H and O–H groups in total. The van der Waals surface area contributed by atoms with Gasteiger partial charge < -0.3 is 21.9 Å². The Morgan fingerprint density at radius 3 is 3.00 bits per heavy atom. The summed E-state index contributed by atoms with van der Waals surface area (Å²) in [7, 11) is 0. The Kier molecular flexibility index (Phi) is 3.93. The zero-order chi connectivity index (χ0) is 13.8. The summed E-state index contributed by atoms with van der Waals surface area (Å²) in [5, 5.41) is 12.9. The molecule has 1 atom stereocenters. The fourth-order valence-corrected chi connectivity index (χ4v) is 2.25. The molecule has 0 spiro atoms. The third kappa shape index (κ3) is 2.98. The number of nitrogens with one attached hydrogen (secondary N) is 1. The van der Waals surface area contributed by atoms with Gasteiger partial charge in [0.25, 0.3) is 0 Å². The molecule has 1 unspecified atom stereocenters. The Morgan fingerprint density at radius 2 is 2.37 bits per heavy atom. The molecular weight excluding hydrogens is 266 g/mol. The SMILES string of the molecule is NC(=O)C(O)CNc1snc(N)c1-c1cccnc1. The highest BCUT2D eigenvalue weighted by Crippen LogP contribution is 2.36. The van der Waals surface area contributed by atoms with Crippen molar-refractivity contribution < 1.29 is 9.90 Å². The predicted molar refractivity (Wildman–Crippen MR) is 73.4 cm³/mol. The van der Waals surface area contributed by atoms with Crippen LogP contribution in [0.5, 0.6) is 0 Å². The number of carbonyl (C=O) groups excluding carboxylic acids is 1. The summed E-state index contributed by atoms with van der Waals surface area (Å²) in [5.41, 5.74) is 12.3. The van der Waals surface area contributed by atoms with Crippen LogP contribution in [0.2, 0.25) is 0 Å². The predicted octanol–water partition coefficient (Wildman–Crippen LogP) is 0.0454. The van der Waals surface area contributed by atoms with Gasteiger partial charge in [-0.1, -0.05) is 6.07 Å². The minimum atomic E-state index is -1.26. The van der Waals surface area contributed by atoms with Gasteiger partial charge in [0.1, 0.15) is 16.9 Å². The van der Waals surface area contributed by atoms with E-state index in [0.29, 0.717) is 16.4 Å². The normalized spacial score (nSPS) is 12.1. The van der Waals surface area contributed by atoms with E-state index < -0.39 is 12.0 Å². The maximum atomic E-state index is 10.8. The van der Waals surface area contributed by atoms with Crippen molar-refractivity contribution in [2.75, 3.05) is 17.6 Å². The first-order chi connectivity index (χ1) is 9.09. The Balaban J connectivity index is 2.21. The van der Waals surface area contributed by atoms with Gasteiger partial charge in [-0.15, -0.1) is 0 Å². The molecule has 2 heterocycles. The summed E-state index contributed by atoms with van der Waals surface area (Å²) in [6.45, 7) is 0.00420. The molecule has 1 amide bonds. The van der Waals surface area contributed by atoms with Crippen LogP contribution in [-0.4, -0.2) is 33.0 Å². The van der Waals surface area contributed by atoms with Crippen LogP contribution < -0.4 is 16.8 Å². The van der Waals surface area contributed by atoms with Crippen molar-refractivity contribution in [2.24, 2.45) is 5.73 Å². The molecule has 7 nitrogen and oxygen atoms in total. The zero-order valence-electron chi connectivity index (χ0n) is 9.91. The number of aliphatic hydroxyl groups excluding tert-OH is 1. The summed E-state index contributed by atoms with van der Waals surface area (Å²) in [5.74, 6) is -0.415. The van der Waals surface area contributed by atoms with E-state index in [2.05, 4.69) is 14.7 Å². The van der Waals surface area contributed by atoms with E-state index in [1.165, 1.54) is 0 Å². The summed E-state index contributed by atoms with van der Waals surface area (Å²) in [6.07, 6.45) is 2.06. The number of nitrogen functional groups attached to an aromatic ring is 1. The van der Waals surface area contributed by atoms with Crippen LogP contribution in [0.3, 0.4) is 0 Å². The molecular formula is C11H13N5O2S. The van der Waals surface area contributed by atoms with Crippen LogP contribution in [0.25, 0.3) is 11.1 Å². The summed E-state index contributed by atoms with van der Waals surface area (Å²) in [6, 6.07) is 3.64. The van der Waals surface area contributed by atoms with E-state index in [4.69, 9.17) is 11.5 Å². The van der Waals surface area contributed by atoms with Crippen LogP contribution in [0, 0.1) is 0 Å². The molecule has 0 bridgehead atoms. The lowest BCUT2D eigenvalue weighted by atomic mass is 10.1. The van der Waals surface area contributed by atoms with Gasteiger partial charge in [0, 0.05) is 18.0 Å². The zero-order valence-corrected chi connectivity index (χ0v) is 10.7. The number of carbonyl (C=O) groups is 1. The highest BCUT2D eigenvalue weighted by atomic mass is 32.1. The van der Waals surface area contributed by atoms with Gasteiger partial charge in [-0.3, -0.25) is 9.78 Å². The molecule has 0 saturated carbocycles. The standard InChI is InChI=1S/C11H13N5O2S/c12-9-8(6-2-1-3-14-4-6)11(19-16-9)15-5-7(17)10(13)18/h1-4,7,15,17H,5H2,(H2,12,16)(H2,13,18). The molecule has 2 aromatic rings. The molecule has 0 aliphatic heterocycles. The quantitative estimate of drug-likeness (QED) is 0.612. The minimum absolute atomic E-state index is 0.00420. The topological polar surface area (TPSA) is 127 Å². The number of hydrogen-bond acceptors (Lipinski definition) is 7. The molecule has 0 fully saturated rings. The Labute approximate surface area is 113 Å². The molecule has 0 radical (unpaired) electrons. The Bertz CT molecular complexity index is 572. The Morgan fingerprint density at radius 1 is 1.58 bits per heavy atom. The first kappa shape index (κ1) is 13.2. The molecule has 100 valence electrons. The van der Waals surface area contributed by atoms with E-state index in [9.17, 15) is 9.90 Å². The fourth-order valence-electron chi connectivity index (χ4n) is 1.50. The molecule has 2 rings (SSSR count). The maximum absolute atomic E-state index is 10.8. The lowest BCUT2D eigenvalue weighted by Gasteiger charge is -2.09. The largest absolute Gasteiger partial charge is 0.382 e. The summed E-state index contributed by atoms with van der Waals surface area (Å²) < 4.78 is 4.05. The second kappa shape index (κ2) is 5.63. The molecule has 0 aliphatic carbocycles. The van der Waals surface area contributed by atoms with Gasteiger partial charge in [0.2, 0.25) is 5.91 Å². The number of anilines is 2. The second-order valence-corrected chi connectivity index (χ2v) is 4.59. The van der Waals surface area contributed by atoms with Crippen LogP contribution in [0.15, 0.2) is 24.5 Å². The number of rotatable bonds is 5. The number of hydrogen-bond donors (Lipinski definition) is 4. The van der Waals surface area contributed by atoms with E-state index in [-0.39, 0.29) is 6.54 Å². The maximum Gasteiger partial charge on any atom is 0.248 e. The molecule has 19 heavy (non-hydrogen) atoms. The van der Waals surface area contributed by atoms with Crippen molar-refractivity contribution in [2.45, 2.75) is 6.10 Å². The molecule has 0 aliphatic rings. The van der Waals surface area contributed by atoms with E-state index in [1.54, 1.807) is 18.5 Å². The number of nitrogens with zero attached hydrogens (tertiary/aromatic N) is 2. The number of aliphatic hydroxyl groups is 1. The van der Waals surface area contributed by atoms with Crippen LogP contribution in [0.1, 0.15) is 0 Å². The van der Waals surface area contributed by atoms with Crippen molar-refractivity contribution in [3.63, 3.8) is 0 Å². The first-order valence-electron chi connectivity index (χ1n) is 5.46. The van der Waals surface area contributed by atoms with Crippen molar-refractivity contribution in [1.82, 2.24) is 9.36 Å². The summed E-state index contributed by atoms with van der Waals surface area (Å²) in [4.78, 5) is 14.8. The average Bonchev–Trinajstić information content (AvgIpc) is 2.78. The van der Waals surface area contributed by atoms with Gasteiger partial charge in [-0.2, -0.15) is 4.37 Å². The summed E-state index contributed by atoms with van der Waals surface area (Å²) >= 11 is 1.15. The molecule has 0 saturated heterocycles. The van der Waals surface area contributed by atoms with Gasteiger partial charge in [-0.25, -0.2) is 0 Å². The molecule has 8 heteroatoms.